The van der Waals surface area contributed by atoms with Crippen molar-refractivity contribution >= 4 is 29.1 Å². The molecule has 2 aromatic rings. The fourth-order valence-corrected chi connectivity index (χ4v) is 3.02. The minimum atomic E-state index is -0.187. The molecule has 0 aliphatic rings. The molecule has 116 valence electrons. The van der Waals surface area contributed by atoms with E-state index in [0.717, 1.165) is 12.0 Å². The predicted molar refractivity (Wildman–Crippen MR) is 92.9 cm³/mol. The lowest BCUT2D eigenvalue weighted by Gasteiger charge is -2.20. The lowest BCUT2D eigenvalue weighted by Crippen LogP contribution is -2.28. The maximum absolute atomic E-state index is 12.5. The number of carbonyl (C=O) groups is 1. The molecule has 22 heavy (non-hydrogen) atoms. The van der Waals surface area contributed by atoms with E-state index in [1.165, 1.54) is 11.1 Å². The van der Waals surface area contributed by atoms with Gasteiger partial charge in [0.25, 0.3) is 5.91 Å². The van der Waals surface area contributed by atoms with Gasteiger partial charge in [-0.3, -0.25) is 4.79 Å². The van der Waals surface area contributed by atoms with Gasteiger partial charge in [0.2, 0.25) is 0 Å². The largest absolute Gasteiger partial charge is 0.345 e. The first kappa shape index (κ1) is 16.9. The molecule has 0 radical (unpaired) electrons. The van der Waals surface area contributed by atoms with Crippen molar-refractivity contribution in [1.82, 2.24) is 5.32 Å². The highest BCUT2D eigenvalue weighted by Crippen LogP contribution is 2.25. The van der Waals surface area contributed by atoms with Crippen LogP contribution in [0.15, 0.2) is 36.4 Å². The summed E-state index contributed by atoms with van der Waals surface area (Å²) in [4.78, 5) is 12.5. The molecule has 0 fully saturated rings. The Labute approximate surface area is 141 Å². The van der Waals surface area contributed by atoms with Crippen LogP contribution in [0.1, 0.15) is 46.4 Å². The molecule has 1 atom stereocenters. The van der Waals surface area contributed by atoms with Crippen molar-refractivity contribution in [3.8, 4) is 0 Å². The maximum atomic E-state index is 12.5. The monoisotopic (exact) mass is 335 g/mol. The number of aryl methyl sites for hydroxylation is 2. The topological polar surface area (TPSA) is 29.1 Å². The SMILES string of the molecule is CCC(NC(=O)c1ccc(Cl)cc1Cl)c1ccc(C)cc1C. The number of benzene rings is 2. The average Bonchev–Trinajstić information content (AvgIpc) is 2.45. The third kappa shape index (κ3) is 3.82. The second-order valence-corrected chi connectivity index (χ2v) is 6.26. The van der Waals surface area contributed by atoms with Gasteiger partial charge in [0.05, 0.1) is 16.6 Å². The summed E-state index contributed by atoms with van der Waals surface area (Å²) in [6, 6.07) is 11.1. The molecule has 1 N–H and O–H groups in total. The molecular weight excluding hydrogens is 317 g/mol. The van der Waals surface area contributed by atoms with Gasteiger partial charge >= 0.3 is 0 Å². The third-order valence-electron chi connectivity index (χ3n) is 3.69. The number of amides is 1. The van der Waals surface area contributed by atoms with Crippen molar-refractivity contribution in [3.63, 3.8) is 0 Å². The van der Waals surface area contributed by atoms with Crippen LogP contribution in [0.5, 0.6) is 0 Å². The highest BCUT2D eigenvalue weighted by Gasteiger charge is 2.17. The first-order chi connectivity index (χ1) is 10.4. The van der Waals surface area contributed by atoms with Gasteiger partial charge in [0.15, 0.2) is 0 Å². The summed E-state index contributed by atoms with van der Waals surface area (Å²) in [6.07, 6.45) is 0.806. The number of hydrogen-bond donors (Lipinski definition) is 1. The fourth-order valence-electron chi connectivity index (χ4n) is 2.53. The van der Waals surface area contributed by atoms with E-state index >= 15 is 0 Å². The van der Waals surface area contributed by atoms with Crippen LogP contribution in [0, 0.1) is 13.8 Å². The minimum absolute atomic E-state index is 0.0418. The van der Waals surface area contributed by atoms with Crippen molar-refractivity contribution in [1.29, 1.82) is 0 Å². The second-order valence-electron chi connectivity index (χ2n) is 5.42. The molecule has 0 bridgehead atoms. The molecule has 0 saturated carbocycles. The third-order valence-corrected chi connectivity index (χ3v) is 4.24. The molecule has 4 heteroatoms. The van der Waals surface area contributed by atoms with Crippen LogP contribution in [0.4, 0.5) is 0 Å². The van der Waals surface area contributed by atoms with E-state index in [2.05, 4.69) is 37.4 Å². The van der Waals surface area contributed by atoms with Gasteiger partial charge in [0, 0.05) is 5.02 Å². The van der Waals surface area contributed by atoms with Crippen LogP contribution in [-0.2, 0) is 0 Å². The Morgan fingerprint density at radius 2 is 1.86 bits per heavy atom. The number of halogens is 2. The van der Waals surface area contributed by atoms with Gasteiger partial charge in [-0.15, -0.1) is 0 Å². The first-order valence-electron chi connectivity index (χ1n) is 7.25. The zero-order valence-corrected chi connectivity index (χ0v) is 14.4. The van der Waals surface area contributed by atoms with E-state index in [0.29, 0.717) is 15.6 Å². The second kappa shape index (κ2) is 7.17. The molecular formula is C18H19Cl2NO. The van der Waals surface area contributed by atoms with E-state index < -0.39 is 0 Å². The Balaban J connectivity index is 2.24. The number of rotatable bonds is 4. The van der Waals surface area contributed by atoms with Crippen molar-refractivity contribution in [3.05, 3.63) is 68.7 Å². The Morgan fingerprint density at radius 3 is 2.45 bits per heavy atom. The minimum Gasteiger partial charge on any atom is -0.345 e. The molecule has 0 saturated heterocycles. The Hall–Kier alpha value is -1.51. The normalized spacial score (nSPS) is 12.0. The molecule has 0 aliphatic carbocycles. The molecule has 1 unspecified atom stereocenters. The van der Waals surface area contributed by atoms with Gasteiger partial charge < -0.3 is 5.32 Å². The lowest BCUT2D eigenvalue weighted by atomic mass is 9.97. The molecule has 1 amide bonds. The maximum Gasteiger partial charge on any atom is 0.253 e. The van der Waals surface area contributed by atoms with E-state index in [1.54, 1.807) is 18.2 Å². The van der Waals surface area contributed by atoms with Gasteiger partial charge in [0.1, 0.15) is 0 Å². The van der Waals surface area contributed by atoms with Crippen molar-refractivity contribution in [2.24, 2.45) is 0 Å². The average molecular weight is 336 g/mol. The van der Waals surface area contributed by atoms with E-state index in [-0.39, 0.29) is 11.9 Å². The zero-order valence-electron chi connectivity index (χ0n) is 12.9. The summed E-state index contributed by atoms with van der Waals surface area (Å²) in [5, 5.41) is 3.93. The van der Waals surface area contributed by atoms with Crippen LogP contribution < -0.4 is 5.32 Å². The Bertz CT molecular complexity index is 697. The fraction of sp³-hybridized carbons (Fsp3) is 0.278. The Kier molecular flexibility index (Phi) is 5.49. The standard InChI is InChI=1S/C18H19Cl2NO/c1-4-17(14-7-5-11(2)9-12(14)3)21-18(22)15-8-6-13(19)10-16(15)20/h5-10,17H,4H2,1-3H3,(H,21,22). The molecule has 2 aromatic carbocycles. The highest BCUT2D eigenvalue weighted by atomic mass is 35.5. The highest BCUT2D eigenvalue weighted by molar-refractivity contribution is 6.36. The summed E-state index contributed by atoms with van der Waals surface area (Å²) in [7, 11) is 0. The van der Waals surface area contributed by atoms with Gasteiger partial charge in [-0.05, 0) is 49.6 Å². The van der Waals surface area contributed by atoms with Crippen LogP contribution in [0.2, 0.25) is 10.0 Å². The van der Waals surface area contributed by atoms with Gasteiger partial charge in [-0.2, -0.15) is 0 Å². The summed E-state index contributed by atoms with van der Waals surface area (Å²) in [5.41, 5.74) is 3.96. The smallest absolute Gasteiger partial charge is 0.253 e. The molecule has 0 aliphatic heterocycles. The molecule has 2 nitrogen and oxygen atoms in total. The van der Waals surface area contributed by atoms with Gasteiger partial charge in [-0.1, -0.05) is 53.9 Å². The number of hydrogen-bond acceptors (Lipinski definition) is 1. The van der Waals surface area contributed by atoms with Crippen molar-refractivity contribution in [2.45, 2.75) is 33.2 Å². The predicted octanol–water partition coefficient (Wildman–Crippen LogP) is 5.49. The van der Waals surface area contributed by atoms with E-state index in [4.69, 9.17) is 23.2 Å². The van der Waals surface area contributed by atoms with Crippen molar-refractivity contribution in [2.75, 3.05) is 0 Å². The summed E-state index contributed by atoms with van der Waals surface area (Å²) >= 11 is 12.0. The first-order valence-corrected chi connectivity index (χ1v) is 8.01. The summed E-state index contributed by atoms with van der Waals surface area (Å²) in [5.74, 6) is -0.187. The van der Waals surface area contributed by atoms with Crippen molar-refractivity contribution < 1.29 is 4.79 Å². The van der Waals surface area contributed by atoms with Crippen LogP contribution in [0.25, 0.3) is 0 Å². The quantitative estimate of drug-likeness (QED) is 0.786. The zero-order chi connectivity index (χ0) is 16.3. The van der Waals surface area contributed by atoms with Crippen LogP contribution >= 0.6 is 23.2 Å². The Morgan fingerprint density at radius 1 is 1.14 bits per heavy atom. The molecule has 0 heterocycles. The van der Waals surface area contributed by atoms with Crippen LogP contribution in [-0.4, -0.2) is 5.91 Å². The number of carbonyl (C=O) groups excluding carboxylic acids is 1. The van der Waals surface area contributed by atoms with E-state index in [1.807, 2.05) is 6.92 Å². The van der Waals surface area contributed by atoms with Crippen LogP contribution in [0.3, 0.4) is 0 Å². The van der Waals surface area contributed by atoms with E-state index in [9.17, 15) is 4.79 Å². The lowest BCUT2D eigenvalue weighted by molar-refractivity contribution is 0.0935. The van der Waals surface area contributed by atoms with Gasteiger partial charge in [-0.25, -0.2) is 0 Å². The molecule has 0 spiro atoms. The number of nitrogens with one attached hydrogen (secondary N) is 1. The molecule has 2 rings (SSSR count). The summed E-state index contributed by atoms with van der Waals surface area (Å²) in [6.45, 7) is 6.17. The summed E-state index contributed by atoms with van der Waals surface area (Å²) < 4.78 is 0. The molecule has 0 aromatic heterocycles.